The molecule has 3 unspecified atom stereocenters. The molecule has 1 fully saturated rings. The van der Waals surface area contributed by atoms with E-state index in [1.807, 2.05) is 65.8 Å². The maximum atomic E-state index is 13.7. The van der Waals surface area contributed by atoms with E-state index < -0.39 is 76.4 Å². The molecule has 0 radical (unpaired) electrons. The van der Waals surface area contributed by atoms with Crippen molar-refractivity contribution in [2.45, 2.75) is 78.1 Å². The van der Waals surface area contributed by atoms with Gasteiger partial charge in [0.15, 0.2) is 0 Å². The van der Waals surface area contributed by atoms with Crippen molar-refractivity contribution in [3.05, 3.63) is 103 Å². The van der Waals surface area contributed by atoms with Gasteiger partial charge >= 0.3 is 35.1 Å². The molecule has 0 spiro atoms. The Balaban J connectivity index is 1.15. The molecule has 0 saturated carbocycles. The second kappa shape index (κ2) is 22.1. The Morgan fingerprint density at radius 3 is 2.36 bits per heavy atom. The number of nitrogens with zero attached hydrogens (tertiary/aromatic N) is 2. The minimum atomic E-state index is -5.82. The molecule has 1 saturated heterocycles. The Kier molecular flexibility index (Phi) is 17.4. The van der Waals surface area contributed by atoms with Crippen LogP contribution < -0.4 is 27.2 Å². The van der Waals surface area contributed by atoms with Crippen LogP contribution in [0.4, 0.5) is 5.69 Å². The third kappa shape index (κ3) is 13.7. The van der Waals surface area contributed by atoms with Gasteiger partial charge in [0, 0.05) is 82.5 Å². The van der Waals surface area contributed by atoms with Crippen LogP contribution in [0.1, 0.15) is 77.8 Å². The first-order valence-corrected chi connectivity index (χ1v) is 28.1. The fourth-order valence-corrected chi connectivity index (χ4v) is 12.7. The molecule has 70 heavy (non-hydrogen) atoms. The van der Waals surface area contributed by atoms with Gasteiger partial charge in [-0.15, -0.1) is 0 Å². The fourth-order valence-electron chi connectivity index (χ4n) is 7.47. The number of carboxylic acids is 1. The van der Waals surface area contributed by atoms with Gasteiger partial charge in [0.2, 0.25) is 0 Å². The second-order valence-electron chi connectivity index (χ2n) is 16.5. The number of carboxylic acid groups (broad SMARTS) is 1. The van der Waals surface area contributed by atoms with Gasteiger partial charge in [0.25, 0.3) is 11.5 Å². The standard InChI is InChI=1S/C42H52N5O18P3S2/c1-8-43-30-15-32-28(12-22(30)3)37(29-13-23(4)31(44-9-2)16-33(29)62-32)26-11-10-25(14-27(26)40(50)51)39(49)45-20-42(6,7)70-69-21-60-34-17-36(47-18-24(5)38(48)46-41(47)52)63-35(34)19-61-67(56,57)65-68(58,59)64-66(53,54)55/h10-16,18,34-36,43H,8-9,17,19-21H2,1-7H3,(H,45,49)(H,50,51)(H,56,57)(H,58,59)(H,46,48,52)(H2,53,54,55)/t34?,35-,36-/m1/s1. The number of aryl methyl sites for hydroxylation is 3. The molecule has 8 N–H and O–H groups in total. The first-order chi connectivity index (χ1) is 32.7. The first-order valence-electron chi connectivity index (χ1n) is 21.3. The molecule has 1 amide bonds. The Labute approximate surface area is 407 Å². The number of hydrogen-bond donors (Lipinski definition) is 8. The van der Waals surface area contributed by atoms with E-state index in [1.54, 1.807) is 12.1 Å². The lowest BCUT2D eigenvalue weighted by molar-refractivity contribution is -0.0543. The third-order valence-electron chi connectivity index (χ3n) is 10.6. The monoisotopic (exact) mass is 1070 g/mol. The van der Waals surface area contributed by atoms with Crippen LogP contribution in [0.5, 0.6) is 0 Å². The van der Waals surface area contributed by atoms with Gasteiger partial charge in [-0.2, -0.15) is 8.62 Å². The first kappa shape index (κ1) is 54.9. The summed E-state index contributed by atoms with van der Waals surface area (Å²) in [5.74, 6) is -1.34. The number of carbonyl (C=O) groups excluding carboxylic acids is 1. The molecule has 3 heterocycles. The zero-order chi connectivity index (χ0) is 51.5. The number of carbonyl (C=O) groups is 2. The highest BCUT2D eigenvalue weighted by Gasteiger charge is 2.44. The Morgan fingerprint density at radius 1 is 0.957 bits per heavy atom. The van der Waals surface area contributed by atoms with Crippen molar-refractivity contribution < 1.29 is 75.0 Å². The number of aromatic amines is 1. The molecule has 3 aliphatic rings. The zero-order valence-corrected chi connectivity index (χ0v) is 43.0. The van der Waals surface area contributed by atoms with Crippen molar-refractivity contribution in [1.29, 1.82) is 0 Å². The number of anilines is 1. The smallest absolute Gasteiger partial charge is 0.478 e. The van der Waals surface area contributed by atoms with Crippen LogP contribution in [-0.4, -0.2) is 95.2 Å². The van der Waals surface area contributed by atoms with Crippen molar-refractivity contribution in [2.24, 2.45) is 4.99 Å². The molecule has 28 heteroatoms. The van der Waals surface area contributed by atoms with E-state index in [2.05, 4.69) is 29.2 Å². The maximum Gasteiger partial charge on any atom is 0.490 e. The third-order valence-corrected chi connectivity index (χ3v) is 17.3. The van der Waals surface area contributed by atoms with E-state index in [0.29, 0.717) is 46.5 Å². The quantitative estimate of drug-likeness (QED) is 0.0126. The lowest BCUT2D eigenvalue weighted by Gasteiger charge is -2.25. The largest absolute Gasteiger partial charge is 0.490 e. The number of fused-ring (bicyclic) bond motifs is 2. The van der Waals surface area contributed by atoms with Gasteiger partial charge in [0.1, 0.15) is 29.6 Å². The van der Waals surface area contributed by atoms with Gasteiger partial charge < -0.3 is 49.2 Å². The number of nitrogens with one attached hydrogen (secondary N) is 3. The number of benzene rings is 3. The fraction of sp³-hybridized carbons (Fsp3) is 0.405. The molecule has 380 valence electrons. The molecule has 3 aromatic rings. The Bertz CT molecular complexity index is 3120. The van der Waals surface area contributed by atoms with Crippen molar-refractivity contribution >= 4 is 73.6 Å². The molecule has 6 rings (SSSR count). The molecule has 2 aromatic carbocycles. The highest BCUT2D eigenvalue weighted by Crippen LogP contribution is 2.66. The number of aromatic carboxylic acids is 1. The summed E-state index contributed by atoms with van der Waals surface area (Å²) in [5.41, 5.74) is 3.55. The number of hydrogen-bond acceptors (Lipinski definition) is 17. The lowest BCUT2D eigenvalue weighted by Crippen LogP contribution is -2.36. The molecule has 23 nitrogen and oxygen atoms in total. The van der Waals surface area contributed by atoms with Crippen LogP contribution in [0.2, 0.25) is 0 Å². The van der Waals surface area contributed by atoms with E-state index in [0.717, 1.165) is 26.7 Å². The van der Waals surface area contributed by atoms with Crippen molar-refractivity contribution in [3.8, 4) is 22.5 Å². The molecule has 2 aliphatic heterocycles. The lowest BCUT2D eigenvalue weighted by atomic mass is 9.88. The topological polar surface area (TPSA) is 337 Å². The number of aromatic nitrogens is 2. The van der Waals surface area contributed by atoms with Gasteiger partial charge in [-0.05, 0) is 89.4 Å². The Morgan fingerprint density at radius 2 is 1.69 bits per heavy atom. The summed E-state index contributed by atoms with van der Waals surface area (Å²) >= 11 is 0. The SMILES string of the molecule is CCN=c1cc2oc3cc(NCC)c(C)cc3c(-c3ccc(C(=O)NCC(C)(C)SSCOC4C[C@H](n5cc(C)c(=O)[nH]c5=O)O[C@@H]4COP(=O)(O)OP(=O)(O)OP(=O)(O)O)cc3C(=O)O)c-2cc1C. The number of amides is 1. The summed E-state index contributed by atoms with van der Waals surface area (Å²) < 4.78 is 66.5. The molecular formula is C42H52N5O18P3S2. The van der Waals surface area contributed by atoms with Crippen molar-refractivity contribution in [3.63, 3.8) is 0 Å². The minimum Gasteiger partial charge on any atom is -0.478 e. The number of ether oxygens (including phenoxy) is 2. The molecule has 5 atom stereocenters. The summed E-state index contributed by atoms with van der Waals surface area (Å²) in [7, 11) is -14.5. The Hall–Kier alpha value is -4.42. The van der Waals surface area contributed by atoms with E-state index in [4.69, 9.17) is 28.2 Å². The molecule has 1 aliphatic carbocycles. The van der Waals surface area contributed by atoms with Crippen LogP contribution in [0.3, 0.4) is 0 Å². The predicted octanol–water partition coefficient (Wildman–Crippen LogP) is 6.59. The number of H-pyrrole nitrogens is 1. The predicted molar refractivity (Wildman–Crippen MR) is 261 cm³/mol. The van der Waals surface area contributed by atoms with E-state index in [9.17, 15) is 47.8 Å². The average Bonchev–Trinajstić information content (AvgIpc) is 3.66. The summed E-state index contributed by atoms with van der Waals surface area (Å²) in [6.07, 6.45) is -2.20. The summed E-state index contributed by atoms with van der Waals surface area (Å²) in [5, 5.41) is 18.3. The van der Waals surface area contributed by atoms with E-state index in [-0.39, 0.29) is 35.6 Å². The summed E-state index contributed by atoms with van der Waals surface area (Å²) in [4.78, 5) is 95.4. The van der Waals surface area contributed by atoms with E-state index in [1.165, 1.54) is 40.8 Å². The van der Waals surface area contributed by atoms with Crippen LogP contribution in [0.25, 0.3) is 33.4 Å². The van der Waals surface area contributed by atoms with Gasteiger partial charge in [0.05, 0.1) is 23.6 Å². The van der Waals surface area contributed by atoms with Gasteiger partial charge in [-0.1, -0.05) is 27.7 Å². The van der Waals surface area contributed by atoms with Crippen LogP contribution in [0, 0.1) is 20.8 Å². The maximum absolute atomic E-state index is 13.7. The average molecular weight is 1070 g/mol. The van der Waals surface area contributed by atoms with Crippen LogP contribution in [-0.2, 0) is 36.3 Å². The van der Waals surface area contributed by atoms with Crippen molar-refractivity contribution in [2.75, 3.05) is 37.5 Å². The van der Waals surface area contributed by atoms with Crippen molar-refractivity contribution in [1.82, 2.24) is 14.9 Å². The molecule has 1 aromatic heterocycles. The minimum absolute atomic E-state index is 0.0716. The zero-order valence-electron chi connectivity index (χ0n) is 38.7. The molecular weight excluding hydrogens is 1020 g/mol. The number of rotatable bonds is 21. The summed E-state index contributed by atoms with van der Waals surface area (Å²) in [6, 6.07) is 12.1. The highest BCUT2D eigenvalue weighted by atomic mass is 33.1. The normalized spacial score (nSPS) is 18.5. The van der Waals surface area contributed by atoms with Gasteiger partial charge in [-0.25, -0.2) is 23.3 Å². The molecule has 0 bridgehead atoms. The van der Waals surface area contributed by atoms with Crippen LogP contribution in [0.15, 0.2) is 67.7 Å². The van der Waals surface area contributed by atoms with Crippen LogP contribution >= 0.6 is 45.1 Å². The highest BCUT2D eigenvalue weighted by molar-refractivity contribution is 8.77. The van der Waals surface area contributed by atoms with Gasteiger partial charge in [-0.3, -0.25) is 28.7 Å². The van der Waals surface area contributed by atoms with E-state index >= 15 is 0 Å². The second-order valence-corrected chi connectivity index (χ2v) is 23.9. The summed E-state index contributed by atoms with van der Waals surface area (Å²) in [6.45, 7) is 13.4. The number of phosphoric acid groups is 3. The number of phosphoric ester groups is 1.